The molecule has 4 rings (SSSR count). The number of aliphatic hydroxyl groups excluding tert-OH is 2. The maximum atomic E-state index is 13.9. The Kier molecular flexibility index (Phi) is 5.11. The number of benzene rings is 2. The van der Waals surface area contributed by atoms with Crippen molar-refractivity contribution in [3.8, 4) is 0 Å². The van der Waals surface area contributed by atoms with E-state index in [2.05, 4.69) is 10.6 Å². The third-order valence-corrected chi connectivity index (χ3v) is 5.06. The summed E-state index contributed by atoms with van der Waals surface area (Å²) in [6.07, 6.45) is 0.780. The maximum Gasteiger partial charge on any atom is 0.259 e. The van der Waals surface area contributed by atoms with Gasteiger partial charge in [0.1, 0.15) is 5.82 Å². The summed E-state index contributed by atoms with van der Waals surface area (Å²) in [7, 11) is 1.79. The van der Waals surface area contributed by atoms with Crippen LogP contribution in [0.15, 0.2) is 48.7 Å². The van der Waals surface area contributed by atoms with Gasteiger partial charge in [0.2, 0.25) is 0 Å². The fourth-order valence-corrected chi connectivity index (χ4v) is 3.64. The molecule has 0 aliphatic carbocycles. The monoisotopic (exact) mass is 409 g/mol. The lowest BCUT2D eigenvalue weighted by molar-refractivity contribution is -0.122. The molecule has 0 saturated carbocycles. The first-order valence-electron chi connectivity index (χ1n) is 9.37. The molecular formula is C22H20FN3O4. The summed E-state index contributed by atoms with van der Waals surface area (Å²) in [5.74, 6) is -1.51. The minimum atomic E-state index is -0.926. The van der Waals surface area contributed by atoms with E-state index in [1.54, 1.807) is 48.1 Å². The second-order valence-electron chi connectivity index (χ2n) is 7.15. The van der Waals surface area contributed by atoms with Crippen LogP contribution in [0.1, 0.15) is 11.1 Å². The number of nitrogens with one attached hydrogen (secondary N) is 2. The Morgan fingerprint density at radius 3 is 2.67 bits per heavy atom. The molecular weight excluding hydrogens is 389 g/mol. The Balaban J connectivity index is 1.85. The summed E-state index contributed by atoms with van der Waals surface area (Å²) in [4.78, 5) is 25.3. The average molecular weight is 409 g/mol. The van der Waals surface area contributed by atoms with Crippen LogP contribution >= 0.6 is 0 Å². The van der Waals surface area contributed by atoms with Crippen molar-refractivity contribution in [2.45, 2.75) is 6.10 Å². The molecule has 1 aliphatic heterocycles. The number of imide groups is 1. The fourth-order valence-electron chi connectivity index (χ4n) is 3.64. The number of halogens is 1. The van der Waals surface area contributed by atoms with Crippen molar-refractivity contribution in [2.24, 2.45) is 7.05 Å². The maximum absolute atomic E-state index is 13.9. The van der Waals surface area contributed by atoms with Crippen LogP contribution in [0, 0.1) is 5.82 Å². The van der Waals surface area contributed by atoms with Crippen molar-refractivity contribution in [2.75, 3.05) is 18.5 Å². The highest BCUT2D eigenvalue weighted by Crippen LogP contribution is 2.36. The number of aryl methyl sites for hydroxylation is 1. The van der Waals surface area contributed by atoms with Crippen molar-refractivity contribution < 1.29 is 24.2 Å². The van der Waals surface area contributed by atoms with Crippen LogP contribution in [-0.2, 0) is 16.6 Å². The van der Waals surface area contributed by atoms with E-state index in [0.717, 1.165) is 5.52 Å². The molecule has 8 heteroatoms. The molecule has 0 fully saturated rings. The van der Waals surface area contributed by atoms with Gasteiger partial charge in [-0.15, -0.1) is 0 Å². The molecule has 0 spiro atoms. The van der Waals surface area contributed by atoms with Crippen LogP contribution in [0.5, 0.6) is 0 Å². The molecule has 2 heterocycles. The van der Waals surface area contributed by atoms with E-state index in [0.29, 0.717) is 22.2 Å². The van der Waals surface area contributed by atoms with E-state index in [-0.39, 0.29) is 24.3 Å². The third kappa shape index (κ3) is 3.47. The molecule has 4 N–H and O–H groups in total. The molecule has 0 saturated heterocycles. The number of fused-ring (bicyclic) bond motifs is 1. The molecule has 2 amide bonds. The van der Waals surface area contributed by atoms with Gasteiger partial charge in [-0.2, -0.15) is 0 Å². The van der Waals surface area contributed by atoms with E-state index < -0.39 is 23.7 Å². The number of anilines is 1. The van der Waals surface area contributed by atoms with Crippen LogP contribution < -0.4 is 10.6 Å². The predicted octanol–water partition coefficient (Wildman–Crippen LogP) is 1.65. The topological polar surface area (TPSA) is 104 Å². The lowest BCUT2D eigenvalue weighted by Crippen LogP contribution is -2.23. The second kappa shape index (κ2) is 7.74. The standard InChI is InChI=1S/C22H20FN3O4/c1-26-10-17(16-8-13(23)5-6-18(16)26)20-19(21(29)25-22(20)30)12-3-2-4-14(7-12)24-9-15(28)11-27/h2-8,10,15,24,27-28H,9,11H2,1H3,(H,25,29,30)/t15-/m1/s1. The van der Waals surface area contributed by atoms with Crippen LogP contribution in [-0.4, -0.2) is 45.9 Å². The van der Waals surface area contributed by atoms with Crippen LogP contribution in [0.4, 0.5) is 10.1 Å². The highest BCUT2D eigenvalue weighted by molar-refractivity contribution is 6.50. The van der Waals surface area contributed by atoms with Gasteiger partial charge < -0.3 is 20.1 Å². The summed E-state index contributed by atoms with van der Waals surface area (Å²) < 4.78 is 15.7. The fraction of sp³-hybridized carbons (Fsp3) is 0.182. The molecule has 0 unspecified atom stereocenters. The first-order valence-corrected chi connectivity index (χ1v) is 9.37. The summed E-state index contributed by atoms with van der Waals surface area (Å²) in [6, 6.07) is 11.2. The van der Waals surface area contributed by atoms with Crippen molar-refractivity contribution >= 4 is 39.6 Å². The summed E-state index contributed by atoms with van der Waals surface area (Å²) in [5, 5.41) is 24.3. The van der Waals surface area contributed by atoms with E-state index >= 15 is 0 Å². The molecule has 3 aromatic rings. The second-order valence-corrected chi connectivity index (χ2v) is 7.15. The first-order chi connectivity index (χ1) is 14.4. The Morgan fingerprint density at radius 1 is 1.13 bits per heavy atom. The van der Waals surface area contributed by atoms with Crippen LogP contribution in [0.25, 0.3) is 22.0 Å². The highest BCUT2D eigenvalue weighted by atomic mass is 19.1. The summed E-state index contributed by atoms with van der Waals surface area (Å²) >= 11 is 0. The zero-order chi connectivity index (χ0) is 21.4. The molecule has 7 nitrogen and oxygen atoms in total. The van der Waals surface area contributed by atoms with Crippen molar-refractivity contribution in [1.29, 1.82) is 0 Å². The van der Waals surface area contributed by atoms with E-state index in [9.17, 15) is 19.1 Å². The Bertz CT molecular complexity index is 1200. The van der Waals surface area contributed by atoms with Gasteiger partial charge in [-0.3, -0.25) is 14.9 Å². The number of amides is 2. The van der Waals surface area contributed by atoms with Gasteiger partial charge in [0.25, 0.3) is 11.8 Å². The Labute approximate surface area is 171 Å². The van der Waals surface area contributed by atoms with E-state index in [4.69, 9.17) is 5.11 Å². The lowest BCUT2D eigenvalue weighted by atomic mass is 9.95. The smallest absolute Gasteiger partial charge is 0.259 e. The number of hydrogen-bond acceptors (Lipinski definition) is 5. The summed E-state index contributed by atoms with van der Waals surface area (Å²) in [5.41, 5.74) is 2.71. The number of carbonyl (C=O) groups is 2. The summed E-state index contributed by atoms with van der Waals surface area (Å²) in [6.45, 7) is -0.254. The van der Waals surface area contributed by atoms with Crippen LogP contribution in [0.2, 0.25) is 0 Å². The SMILES string of the molecule is Cn1cc(C2=C(c3cccc(NC[C@@H](O)CO)c3)C(=O)NC2=O)c2cc(F)ccc21. The van der Waals surface area contributed by atoms with E-state index in [1.165, 1.54) is 12.1 Å². The zero-order valence-electron chi connectivity index (χ0n) is 16.1. The van der Waals surface area contributed by atoms with Crippen molar-refractivity contribution in [3.05, 3.63) is 65.6 Å². The molecule has 2 aromatic carbocycles. The van der Waals surface area contributed by atoms with E-state index in [1.807, 2.05) is 0 Å². The lowest BCUT2D eigenvalue weighted by Gasteiger charge is -2.12. The Morgan fingerprint density at radius 2 is 1.90 bits per heavy atom. The number of hydrogen-bond donors (Lipinski definition) is 4. The number of aromatic nitrogens is 1. The Hall–Kier alpha value is -3.49. The molecule has 0 radical (unpaired) electrons. The third-order valence-electron chi connectivity index (χ3n) is 5.06. The predicted molar refractivity (Wildman–Crippen MR) is 111 cm³/mol. The first kappa shape index (κ1) is 19.8. The van der Waals surface area contributed by atoms with Crippen molar-refractivity contribution in [3.63, 3.8) is 0 Å². The highest BCUT2D eigenvalue weighted by Gasteiger charge is 2.33. The molecule has 1 aliphatic rings. The van der Waals surface area contributed by atoms with Crippen LogP contribution in [0.3, 0.4) is 0 Å². The minimum absolute atomic E-state index is 0.125. The van der Waals surface area contributed by atoms with Gasteiger partial charge in [0.15, 0.2) is 0 Å². The van der Waals surface area contributed by atoms with Crippen molar-refractivity contribution in [1.82, 2.24) is 9.88 Å². The number of rotatable bonds is 6. The molecule has 154 valence electrons. The number of nitrogens with zero attached hydrogens (tertiary/aromatic N) is 1. The molecule has 1 aromatic heterocycles. The van der Waals surface area contributed by atoms with Gasteiger partial charge in [0, 0.05) is 41.9 Å². The van der Waals surface area contributed by atoms with Gasteiger partial charge in [0.05, 0.1) is 23.9 Å². The molecule has 1 atom stereocenters. The average Bonchev–Trinajstić information content (AvgIpc) is 3.20. The van der Waals surface area contributed by atoms with Gasteiger partial charge in [-0.25, -0.2) is 4.39 Å². The largest absolute Gasteiger partial charge is 0.394 e. The molecule has 30 heavy (non-hydrogen) atoms. The van der Waals surface area contributed by atoms with Gasteiger partial charge in [-0.1, -0.05) is 12.1 Å². The van der Waals surface area contributed by atoms with Gasteiger partial charge in [-0.05, 0) is 35.9 Å². The zero-order valence-corrected chi connectivity index (χ0v) is 16.1. The minimum Gasteiger partial charge on any atom is -0.394 e. The molecule has 0 bridgehead atoms. The number of aliphatic hydroxyl groups is 2. The van der Waals surface area contributed by atoms with Gasteiger partial charge >= 0.3 is 0 Å². The normalized spacial score (nSPS) is 15.1. The quantitative estimate of drug-likeness (QED) is 0.464. The number of carbonyl (C=O) groups excluding carboxylic acids is 2.